The van der Waals surface area contributed by atoms with Crippen molar-refractivity contribution in [3.05, 3.63) is 191 Å². The van der Waals surface area contributed by atoms with E-state index in [0.29, 0.717) is 11.1 Å². The van der Waals surface area contributed by atoms with Crippen molar-refractivity contribution in [2.24, 2.45) is 0 Å². The molecule has 0 radical (unpaired) electrons. The molecule has 4 nitrogen and oxygen atoms in total. The lowest BCUT2D eigenvalue weighted by Gasteiger charge is -2.21. The number of aromatic nitrogens is 2. The van der Waals surface area contributed by atoms with Gasteiger partial charge in [0, 0.05) is 27.1 Å². The first-order valence-electron chi connectivity index (χ1n) is 20.0. The SMILES string of the molecule is Cc1cc(C#N)cc(-c2c(-n3c4ccccc4c4cc(-c5ccc(C)cc5C)ccc43)cc(C#N)cc2-n2c3ccccc3c3cc(-c4ccc(C)cc4C)ccc32)c1. The van der Waals surface area contributed by atoms with E-state index < -0.39 is 0 Å². The number of benzene rings is 8. The quantitative estimate of drug-likeness (QED) is 0.176. The summed E-state index contributed by atoms with van der Waals surface area (Å²) in [7, 11) is 0. The predicted octanol–water partition coefficient (Wildman–Crippen LogP) is 14.2. The molecule has 8 aromatic carbocycles. The highest BCUT2D eigenvalue weighted by molar-refractivity contribution is 6.13. The first kappa shape index (κ1) is 35.7. The van der Waals surface area contributed by atoms with E-state index in [1.54, 1.807) is 0 Å². The molecule has 0 fully saturated rings. The monoisotopic (exact) mass is 756 g/mol. The van der Waals surface area contributed by atoms with Crippen LogP contribution < -0.4 is 0 Å². The molecule has 0 spiro atoms. The molecule has 0 amide bonds. The summed E-state index contributed by atoms with van der Waals surface area (Å²) >= 11 is 0. The van der Waals surface area contributed by atoms with Gasteiger partial charge < -0.3 is 9.13 Å². The minimum Gasteiger partial charge on any atom is -0.308 e. The molecule has 59 heavy (non-hydrogen) atoms. The van der Waals surface area contributed by atoms with Gasteiger partial charge in [-0.3, -0.25) is 0 Å². The zero-order valence-electron chi connectivity index (χ0n) is 33.7. The van der Waals surface area contributed by atoms with Crippen LogP contribution in [-0.4, -0.2) is 9.13 Å². The molecule has 0 saturated heterocycles. The maximum Gasteiger partial charge on any atom is 0.0993 e. The first-order valence-corrected chi connectivity index (χ1v) is 20.0. The topological polar surface area (TPSA) is 57.4 Å². The molecule has 280 valence electrons. The fourth-order valence-electron chi connectivity index (χ4n) is 9.39. The molecule has 2 heterocycles. The van der Waals surface area contributed by atoms with Gasteiger partial charge in [-0.05, 0) is 140 Å². The van der Waals surface area contributed by atoms with Crippen LogP contribution in [0.1, 0.15) is 38.9 Å². The van der Waals surface area contributed by atoms with E-state index in [1.807, 2.05) is 31.2 Å². The van der Waals surface area contributed by atoms with Gasteiger partial charge >= 0.3 is 0 Å². The Morgan fingerprint density at radius 3 is 1.31 bits per heavy atom. The van der Waals surface area contributed by atoms with Crippen LogP contribution in [0, 0.1) is 57.3 Å². The zero-order chi connectivity index (χ0) is 40.5. The van der Waals surface area contributed by atoms with Crippen LogP contribution in [-0.2, 0) is 0 Å². The van der Waals surface area contributed by atoms with Crippen molar-refractivity contribution in [3.63, 3.8) is 0 Å². The van der Waals surface area contributed by atoms with Gasteiger partial charge in [-0.2, -0.15) is 10.5 Å². The van der Waals surface area contributed by atoms with Gasteiger partial charge in [-0.15, -0.1) is 0 Å². The van der Waals surface area contributed by atoms with Gasteiger partial charge in [-0.25, -0.2) is 0 Å². The van der Waals surface area contributed by atoms with Crippen LogP contribution >= 0.6 is 0 Å². The predicted molar refractivity (Wildman–Crippen MR) is 245 cm³/mol. The van der Waals surface area contributed by atoms with Crippen molar-refractivity contribution < 1.29 is 0 Å². The fraction of sp³-hybridized carbons (Fsp3) is 0.0909. The average Bonchev–Trinajstić information content (AvgIpc) is 3.75. The van der Waals surface area contributed by atoms with E-state index >= 15 is 0 Å². The summed E-state index contributed by atoms with van der Waals surface area (Å²) in [6.07, 6.45) is 0. The molecular weight excluding hydrogens is 717 g/mol. The van der Waals surface area contributed by atoms with Gasteiger partial charge in [0.1, 0.15) is 0 Å². The number of rotatable bonds is 5. The third-order valence-electron chi connectivity index (χ3n) is 11.9. The van der Waals surface area contributed by atoms with Gasteiger partial charge in [0.05, 0.1) is 56.7 Å². The second-order valence-electron chi connectivity index (χ2n) is 16.0. The molecule has 4 heteroatoms. The lowest BCUT2D eigenvalue weighted by atomic mass is 9.95. The Morgan fingerprint density at radius 2 is 0.831 bits per heavy atom. The molecule has 0 aliphatic heterocycles. The van der Waals surface area contributed by atoms with Crippen molar-refractivity contribution in [1.29, 1.82) is 10.5 Å². The van der Waals surface area contributed by atoms with Gasteiger partial charge in [0.15, 0.2) is 0 Å². The van der Waals surface area contributed by atoms with Crippen molar-refractivity contribution in [2.75, 3.05) is 0 Å². The summed E-state index contributed by atoms with van der Waals surface area (Å²) in [6.45, 7) is 10.6. The molecule has 0 aliphatic carbocycles. The number of nitrogens with zero attached hydrogens (tertiary/aromatic N) is 4. The molecule has 0 aliphatic rings. The van der Waals surface area contributed by atoms with Crippen LogP contribution in [0.3, 0.4) is 0 Å². The lowest BCUT2D eigenvalue weighted by molar-refractivity contribution is 1.13. The molecule has 0 bridgehead atoms. The number of fused-ring (bicyclic) bond motifs is 6. The van der Waals surface area contributed by atoms with Crippen molar-refractivity contribution >= 4 is 43.6 Å². The number of nitriles is 2. The zero-order valence-corrected chi connectivity index (χ0v) is 33.7. The van der Waals surface area contributed by atoms with E-state index in [2.05, 4.69) is 176 Å². The van der Waals surface area contributed by atoms with E-state index in [4.69, 9.17) is 0 Å². The Labute approximate surface area is 344 Å². The Bertz CT molecular complexity index is 3280. The Kier molecular flexibility index (Phi) is 8.34. The Balaban J connectivity index is 1.33. The third-order valence-corrected chi connectivity index (χ3v) is 11.9. The molecule has 0 N–H and O–H groups in total. The number of hydrogen-bond acceptors (Lipinski definition) is 2. The number of hydrogen-bond donors (Lipinski definition) is 0. The maximum atomic E-state index is 10.8. The second-order valence-corrected chi connectivity index (χ2v) is 16.0. The Hall–Kier alpha value is -7.66. The third kappa shape index (κ3) is 5.81. The molecule has 0 unspecified atom stereocenters. The van der Waals surface area contributed by atoms with Crippen molar-refractivity contribution in [3.8, 4) is 56.9 Å². The normalized spacial score (nSPS) is 11.4. The summed E-state index contributed by atoms with van der Waals surface area (Å²) in [4.78, 5) is 0. The van der Waals surface area contributed by atoms with Gasteiger partial charge in [0.25, 0.3) is 0 Å². The van der Waals surface area contributed by atoms with Crippen LogP contribution in [0.5, 0.6) is 0 Å². The summed E-state index contributed by atoms with van der Waals surface area (Å²) in [6, 6.07) is 58.9. The smallest absolute Gasteiger partial charge is 0.0993 e. The fourth-order valence-corrected chi connectivity index (χ4v) is 9.39. The highest BCUT2D eigenvalue weighted by Gasteiger charge is 2.24. The van der Waals surface area contributed by atoms with Gasteiger partial charge in [-0.1, -0.05) is 102 Å². The van der Waals surface area contributed by atoms with Crippen LogP contribution in [0.4, 0.5) is 0 Å². The summed E-state index contributed by atoms with van der Waals surface area (Å²) in [5.74, 6) is 0. The molecule has 10 rings (SSSR count). The van der Waals surface area contributed by atoms with Crippen LogP contribution in [0.15, 0.2) is 152 Å². The van der Waals surface area contributed by atoms with E-state index in [1.165, 1.54) is 33.4 Å². The van der Waals surface area contributed by atoms with Crippen LogP contribution in [0.2, 0.25) is 0 Å². The maximum absolute atomic E-state index is 10.8. The molecule has 10 aromatic rings. The average molecular weight is 757 g/mol. The minimum atomic E-state index is 0.544. The molecule has 2 aromatic heterocycles. The lowest BCUT2D eigenvalue weighted by Crippen LogP contribution is -2.05. The van der Waals surface area contributed by atoms with Crippen LogP contribution in [0.25, 0.3) is 88.4 Å². The largest absolute Gasteiger partial charge is 0.308 e. The summed E-state index contributed by atoms with van der Waals surface area (Å²) in [5, 5.41) is 25.6. The van der Waals surface area contributed by atoms with E-state index in [-0.39, 0.29) is 0 Å². The molecule has 0 saturated carbocycles. The van der Waals surface area contributed by atoms with Crippen molar-refractivity contribution in [1.82, 2.24) is 9.13 Å². The van der Waals surface area contributed by atoms with Crippen molar-refractivity contribution in [2.45, 2.75) is 34.6 Å². The van der Waals surface area contributed by atoms with E-state index in [0.717, 1.165) is 82.8 Å². The number of para-hydroxylation sites is 2. The highest BCUT2D eigenvalue weighted by atomic mass is 15.0. The molecular formula is C55H40N4. The van der Waals surface area contributed by atoms with Gasteiger partial charge in [0.2, 0.25) is 0 Å². The standard InChI is InChI=1S/C55H40N4/c1-33-14-18-43(36(4)22-33)40-16-20-51-47(29-40)45-10-6-8-12-49(45)58(51)53-27-39(32-57)28-54(55(53)42-25-35(3)24-38(26-42)31-56)59-50-13-9-7-11-46(50)48-30-41(17-21-52(48)59)44-19-15-34(2)23-37(44)5/h6-30H,1-5H3. The second kappa shape index (κ2) is 13.8. The summed E-state index contributed by atoms with van der Waals surface area (Å²) in [5.41, 5.74) is 19.5. The minimum absolute atomic E-state index is 0.544. The number of aryl methyl sites for hydroxylation is 5. The Morgan fingerprint density at radius 1 is 0.373 bits per heavy atom. The molecule has 0 atom stereocenters. The van der Waals surface area contributed by atoms with E-state index in [9.17, 15) is 10.5 Å². The first-order chi connectivity index (χ1) is 28.7. The highest BCUT2D eigenvalue weighted by Crippen LogP contribution is 2.44. The summed E-state index contributed by atoms with van der Waals surface area (Å²) < 4.78 is 4.63.